The quantitative estimate of drug-likeness (QED) is 0.805. The van der Waals surface area contributed by atoms with Crippen molar-refractivity contribution >= 4 is 27.7 Å². The summed E-state index contributed by atoms with van der Waals surface area (Å²) >= 11 is 1.85. The smallest absolute Gasteiger partial charge is 0.100 e. The third-order valence-corrected chi connectivity index (χ3v) is 4.20. The van der Waals surface area contributed by atoms with Crippen molar-refractivity contribution in [1.82, 2.24) is 4.98 Å². The molecule has 1 aromatic carbocycles. The molecule has 1 aliphatic heterocycles. The van der Waals surface area contributed by atoms with Gasteiger partial charge in [0.1, 0.15) is 5.04 Å². The molecule has 2 heterocycles. The number of aliphatic imine (C=N–C) groups is 1. The van der Waals surface area contributed by atoms with Gasteiger partial charge < -0.3 is 0 Å². The molecule has 3 heteroatoms. The van der Waals surface area contributed by atoms with Gasteiger partial charge in [-0.2, -0.15) is 0 Å². The van der Waals surface area contributed by atoms with Gasteiger partial charge in [-0.25, -0.2) is 0 Å². The molecule has 0 saturated heterocycles. The first-order valence-corrected chi connectivity index (χ1v) is 6.91. The van der Waals surface area contributed by atoms with Gasteiger partial charge in [0.15, 0.2) is 0 Å². The maximum atomic E-state index is 4.77. The fourth-order valence-corrected chi connectivity index (χ4v) is 3.25. The van der Waals surface area contributed by atoms with Crippen LogP contribution in [0.1, 0.15) is 18.9 Å². The zero-order chi connectivity index (χ0) is 11.7. The standard InChI is InChI=1S/C14H14N2S/c1-2-11-9-17-14(16-11)12-7-3-5-10-6-4-8-15-13(10)12/h3-8,11H,2,9H2,1H3/t11-/m0/s1. The van der Waals surface area contributed by atoms with Crippen molar-refractivity contribution in [2.75, 3.05) is 5.75 Å². The number of pyridine rings is 1. The van der Waals surface area contributed by atoms with Crippen molar-refractivity contribution in [3.63, 3.8) is 0 Å². The third kappa shape index (κ3) is 1.95. The van der Waals surface area contributed by atoms with Crippen LogP contribution in [-0.4, -0.2) is 21.8 Å². The van der Waals surface area contributed by atoms with Crippen LogP contribution in [0, 0.1) is 0 Å². The van der Waals surface area contributed by atoms with Crippen molar-refractivity contribution in [1.29, 1.82) is 0 Å². The van der Waals surface area contributed by atoms with Crippen molar-refractivity contribution in [3.05, 3.63) is 42.1 Å². The Labute approximate surface area is 105 Å². The van der Waals surface area contributed by atoms with Gasteiger partial charge in [-0.15, -0.1) is 11.8 Å². The molecule has 1 aromatic heterocycles. The summed E-state index contributed by atoms with van der Waals surface area (Å²) < 4.78 is 0. The van der Waals surface area contributed by atoms with Gasteiger partial charge in [-0.05, 0) is 12.5 Å². The van der Waals surface area contributed by atoms with Crippen LogP contribution < -0.4 is 0 Å². The molecule has 0 radical (unpaired) electrons. The van der Waals surface area contributed by atoms with Crippen LogP contribution in [0.3, 0.4) is 0 Å². The highest BCUT2D eigenvalue weighted by Crippen LogP contribution is 2.28. The molecule has 3 rings (SSSR count). The first kappa shape index (κ1) is 10.8. The van der Waals surface area contributed by atoms with Gasteiger partial charge in [0.25, 0.3) is 0 Å². The summed E-state index contributed by atoms with van der Waals surface area (Å²) in [6, 6.07) is 10.9. The Bertz CT molecular complexity index is 572. The van der Waals surface area contributed by atoms with E-state index in [1.807, 2.05) is 24.0 Å². The highest BCUT2D eigenvalue weighted by molar-refractivity contribution is 8.14. The molecule has 0 N–H and O–H groups in total. The Morgan fingerprint density at radius 2 is 2.18 bits per heavy atom. The van der Waals surface area contributed by atoms with Gasteiger partial charge in [0, 0.05) is 22.9 Å². The number of fused-ring (bicyclic) bond motifs is 1. The SMILES string of the molecule is CC[C@H]1CSC(c2cccc3cccnc23)=N1. The van der Waals surface area contributed by atoms with E-state index in [1.54, 1.807) is 0 Å². The van der Waals surface area contributed by atoms with Gasteiger partial charge in [-0.1, -0.05) is 31.2 Å². The molecule has 0 saturated carbocycles. The average Bonchev–Trinajstić information content (AvgIpc) is 2.87. The summed E-state index contributed by atoms with van der Waals surface area (Å²) in [5.41, 5.74) is 2.25. The maximum Gasteiger partial charge on any atom is 0.100 e. The van der Waals surface area contributed by atoms with Crippen LogP contribution in [0.25, 0.3) is 10.9 Å². The van der Waals surface area contributed by atoms with E-state index in [-0.39, 0.29) is 0 Å². The minimum Gasteiger partial charge on any atom is -0.274 e. The number of aromatic nitrogens is 1. The number of nitrogens with zero attached hydrogens (tertiary/aromatic N) is 2. The van der Waals surface area contributed by atoms with E-state index in [9.17, 15) is 0 Å². The number of para-hydroxylation sites is 1. The zero-order valence-electron chi connectivity index (χ0n) is 9.76. The summed E-state index contributed by atoms with van der Waals surface area (Å²) in [4.78, 5) is 9.25. The lowest BCUT2D eigenvalue weighted by molar-refractivity contribution is 0.738. The van der Waals surface area contributed by atoms with Crippen LogP contribution in [-0.2, 0) is 0 Å². The van der Waals surface area contributed by atoms with Gasteiger partial charge in [0.05, 0.1) is 11.6 Å². The number of hydrogen-bond donors (Lipinski definition) is 0. The summed E-state index contributed by atoms with van der Waals surface area (Å²) in [7, 11) is 0. The first-order valence-electron chi connectivity index (χ1n) is 5.93. The molecule has 0 amide bonds. The van der Waals surface area contributed by atoms with E-state index in [1.165, 1.54) is 10.9 Å². The molecule has 0 aliphatic carbocycles. The molecule has 0 fully saturated rings. The predicted octanol–water partition coefficient (Wildman–Crippen LogP) is 3.51. The average molecular weight is 242 g/mol. The molecular formula is C14H14N2S. The summed E-state index contributed by atoms with van der Waals surface area (Å²) in [5.74, 6) is 1.11. The molecule has 0 bridgehead atoms. The zero-order valence-corrected chi connectivity index (χ0v) is 10.6. The Morgan fingerprint density at radius 1 is 1.29 bits per heavy atom. The van der Waals surface area contributed by atoms with Gasteiger partial charge >= 0.3 is 0 Å². The second-order valence-electron chi connectivity index (χ2n) is 4.19. The molecule has 2 nitrogen and oxygen atoms in total. The van der Waals surface area contributed by atoms with Crippen molar-refractivity contribution in [3.8, 4) is 0 Å². The molecule has 0 spiro atoms. The fourth-order valence-electron chi connectivity index (χ4n) is 2.05. The van der Waals surface area contributed by atoms with Crippen molar-refractivity contribution < 1.29 is 0 Å². The fraction of sp³-hybridized carbons (Fsp3) is 0.286. The first-order chi connectivity index (χ1) is 8.38. The number of thioether (sulfide) groups is 1. The Hall–Kier alpha value is -1.35. The van der Waals surface area contributed by atoms with E-state index in [2.05, 4.69) is 36.2 Å². The van der Waals surface area contributed by atoms with Crippen molar-refractivity contribution in [2.45, 2.75) is 19.4 Å². The van der Waals surface area contributed by atoms with Crippen LogP contribution in [0.5, 0.6) is 0 Å². The highest BCUT2D eigenvalue weighted by atomic mass is 32.2. The monoisotopic (exact) mass is 242 g/mol. The van der Waals surface area contributed by atoms with E-state index in [0.717, 1.165) is 22.7 Å². The Balaban J connectivity index is 2.12. The predicted molar refractivity (Wildman–Crippen MR) is 74.8 cm³/mol. The Kier molecular flexibility index (Phi) is 2.85. The molecular weight excluding hydrogens is 228 g/mol. The molecule has 1 aliphatic rings. The second kappa shape index (κ2) is 4.49. The lowest BCUT2D eigenvalue weighted by atomic mass is 10.1. The van der Waals surface area contributed by atoms with E-state index >= 15 is 0 Å². The van der Waals surface area contributed by atoms with Crippen LogP contribution in [0.4, 0.5) is 0 Å². The van der Waals surface area contributed by atoms with E-state index < -0.39 is 0 Å². The van der Waals surface area contributed by atoms with Crippen LogP contribution >= 0.6 is 11.8 Å². The lowest BCUT2D eigenvalue weighted by Crippen LogP contribution is -1.99. The number of rotatable bonds is 2. The van der Waals surface area contributed by atoms with Crippen LogP contribution in [0.2, 0.25) is 0 Å². The molecule has 1 atom stereocenters. The van der Waals surface area contributed by atoms with Crippen molar-refractivity contribution in [2.24, 2.45) is 4.99 Å². The number of hydrogen-bond acceptors (Lipinski definition) is 3. The lowest BCUT2D eigenvalue weighted by Gasteiger charge is -2.04. The minimum absolute atomic E-state index is 0.481. The summed E-state index contributed by atoms with van der Waals surface area (Å²) in [5, 5.41) is 2.34. The topological polar surface area (TPSA) is 25.2 Å². The molecule has 86 valence electrons. The van der Waals surface area contributed by atoms with Gasteiger partial charge in [-0.3, -0.25) is 9.98 Å². The molecule has 17 heavy (non-hydrogen) atoms. The maximum absolute atomic E-state index is 4.77. The molecule has 2 aromatic rings. The summed E-state index contributed by atoms with van der Waals surface area (Å²) in [6.07, 6.45) is 2.97. The molecule has 0 unspecified atom stereocenters. The van der Waals surface area contributed by atoms with Gasteiger partial charge in [0.2, 0.25) is 0 Å². The minimum atomic E-state index is 0.481. The third-order valence-electron chi connectivity index (χ3n) is 3.05. The second-order valence-corrected chi connectivity index (χ2v) is 5.20. The van der Waals surface area contributed by atoms with Crippen LogP contribution in [0.15, 0.2) is 41.5 Å². The van der Waals surface area contributed by atoms with E-state index in [0.29, 0.717) is 6.04 Å². The summed E-state index contributed by atoms with van der Waals surface area (Å²) in [6.45, 7) is 2.19. The Morgan fingerprint density at radius 3 is 3.00 bits per heavy atom. The highest BCUT2D eigenvalue weighted by Gasteiger charge is 2.19. The van der Waals surface area contributed by atoms with E-state index in [4.69, 9.17) is 4.99 Å². The number of benzene rings is 1. The normalized spacial score (nSPS) is 19.6. The largest absolute Gasteiger partial charge is 0.274 e.